The third-order valence-electron chi connectivity index (χ3n) is 2.68. The smallest absolute Gasteiger partial charge is 0.172 e. The van der Waals surface area contributed by atoms with Gasteiger partial charge in [0.05, 0.1) is 18.9 Å². The zero-order chi connectivity index (χ0) is 13.5. The Hall–Kier alpha value is -1.79. The quantitative estimate of drug-likeness (QED) is 0.245. The zero-order valence-corrected chi connectivity index (χ0v) is 10.4. The number of aliphatic hydroxyl groups excluding tert-OH is 2. The lowest BCUT2D eigenvalue weighted by molar-refractivity contribution is 0.281. The summed E-state index contributed by atoms with van der Waals surface area (Å²) in [5.41, 5.74) is 7.92. The van der Waals surface area contributed by atoms with Crippen LogP contribution in [0.2, 0.25) is 0 Å². The third-order valence-corrected chi connectivity index (χ3v) is 2.68. The van der Waals surface area contributed by atoms with E-state index < -0.39 is 0 Å². The molecule has 0 aliphatic carbocycles. The molecule has 0 unspecified atom stereocenters. The van der Waals surface area contributed by atoms with Gasteiger partial charge in [0.2, 0.25) is 0 Å². The van der Waals surface area contributed by atoms with E-state index in [0.29, 0.717) is 18.7 Å². The van der Waals surface area contributed by atoms with Crippen molar-refractivity contribution in [1.29, 1.82) is 0 Å². The number of amidine groups is 1. The fourth-order valence-electron chi connectivity index (χ4n) is 1.92. The van der Waals surface area contributed by atoms with E-state index >= 15 is 0 Å². The van der Waals surface area contributed by atoms with E-state index in [1.54, 1.807) is 6.07 Å². The Kier molecular flexibility index (Phi) is 5.41. The second kappa shape index (κ2) is 6.83. The van der Waals surface area contributed by atoms with Crippen LogP contribution in [-0.4, -0.2) is 47.6 Å². The Morgan fingerprint density at radius 2 is 1.89 bits per heavy atom. The lowest BCUT2D eigenvalue weighted by Crippen LogP contribution is -2.32. The molecule has 18 heavy (non-hydrogen) atoms. The molecule has 0 aromatic heterocycles. The van der Waals surface area contributed by atoms with Crippen LogP contribution >= 0.6 is 0 Å². The van der Waals surface area contributed by atoms with Crippen LogP contribution < -0.4 is 10.6 Å². The number of anilines is 1. The van der Waals surface area contributed by atoms with Crippen molar-refractivity contribution in [3.05, 3.63) is 29.3 Å². The number of hydrogen-bond acceptors (Lipinski definition) is 5. The molecule has 1 aromatic carbocycles. The lowest BCUT2D eigenvalue weighted by Gasteiger charge is -2.27. The molecule has 0 saturated carbocycles. The summed E-state index contributed by atoms with van der Waals surface area (Å²) in [7, 11) is 0. The third kappa shape index (κ3) is 3.12. The fraction of sp³-hybridized carbons (Fsp3) is 0.417. The number of aliphatic hydroxyl groups is 2. The number of para-hydroxylation sites is 1. The van der Waals surface area contributed by atoms with Crippen molar-refractivity contribution < 1.29 is 15.4 Å². The van der Waals surface area contributed by atoms with Gasteiger partial charge in [-0.05, 0) is 18.6 Å². The summed E-state index contributed by atoms with van der Waals surface area (Å²) in [6.07, 6.45) is 0. The summed E-state index contributed by atoms with van der Waals surface area (Å²) >= 11 is 0. The first-order valence-electron chi connectivity index (χ1n) is 5.69. The molecule has 0 spiro atoms. The summed E-state index contributed by atoms with van der Waals surface area (Å²) in [5, 5.41) is 29.9. The molecule has 0 radical (unpaired) electrons. The van der Waals surface area contributed by atoms with Crippen molar-refractivity contribution in [2.75, 3.05) is 31.2 Å². The predicted octanol–water partition coefficient (Wildman–Crippen LogP) is -0.119. The molecule has 5 N–H and O–H groups in total. The highest BCUT2D eigenvalue weighted by Crippen LogP contribution is 2.24. The maximum absolute atomic E-state index is 9.07. The first kappa shape index (κ1) is 14.3. The van der Waals surface area contributed by atoms with E-state index in [1.807, 2.05) is 24.0 Å². The Bertz CT molecular complexity index is 415. The first-order valence-corrected chi connectivity index (χ1v) is 5.69. The first-order chi connectivity index (χ1) is 8.65. The summed E-state index contributed by atoms with van der Waals surface area (Å²) in [5.74, 6) is 0.00887. The molecule has 1 rings (SSSR count). The van der Waals surface area contributed by atoms with E-state index in [-0.39, 0.29) is 19.0 Å². The SMILES string of the molecule is Cc1cccc(/C(N)=N/O)c1N(CCO)CCO. The summed E-state index contributed by atoms with van der Waals surface area (Å²) in [6.45, 7) is 2.56. The van der Waals surface area contributed by atoms with E-state index in [1.165, 1.54) is 0 Å². The molecule has 6 heteroatoms. The molecule has 0 amide bonds. The summed E-state index contributed by atoms with van der Waals surface area (Å²) < 4.78 is 0. The molecule has 100 valence electrons. The monoisotopic (exact) mass is 253 g/mol. The summed E-state index contributed by atoms with van der Waals surface area (Å²) in [6, 6.07) is 5.44. The predicted molar refractivity (Wildman–Crippen MR) is 70.1 cm³/mol. The number of rotatable bonds is 6. The average molecular weight is 253 g/mol. The summed E-state index contributed by atoms with van der Waals surface area (Å²) in [4.78, 5) is 1.81. The highest BCUT2D eigenvalue weighted by molar-refractivity contribution is 6.02. The van der Waals surface area contributed by atoms with Crippen molar-refractivity contribution in [2.24, 2.45) is 10.9 Å². The van der Waals surface area contributed by atoms with Gasteiger partial charge in [-0.15, -0.1) is 0 Å². The number of benzene rings is 1. The van der Waals surface area contributed by atoms with Gasteiger partial charge < -0.3 is 26.1 Å². The van der Waals surface area contributed by atoms with Crippen LogP contribution in [0, 0.1) is 6.92 Å². The molecular weight excluding hydrogens is 234 g/mol. The number of oxime groups is 1. The highest BCUT2D eigenvalue weighted by atomic mass is 16.4. The van der Waals surface area contributed by atoms with E-state index in [9.17, 15) is 0 Å². The standard InChI is InChI=1S/C12H19N3O3/c1-9-3-2-4-10(12(13)14-18)11(9)15(5-7-16)6-8-17/h2-4,16-18H,5-8H2,1H3,(H2,13,14). The van der Waals surface area contributed by atoms with Crippen LogP contribution in [-0.2, 0) is 0 Å². The molecule has 0 atom stereocenters. The number of nitrogens with two attached hydrogens (primary N) is 1. The largest absolute Gasteiger partial charge is 0.409 e. The van der Waals surface area contributed by atoms with Crippen LogP contribution in [0.5, 0.6) is 0 Å². The molecule has 1 aromatic rings. The Morgan fingerprint density at radius 3 is 2.39 bits per heavy atom. The number of nitrogens with zero attached hydrogens (tertiary/aromatic N) is 2. The molecule has 0 aliphatic rings. The normalized spacial score (nSPS) is 11.6. The molecule has 0 bridgehead atoms. The van der Waals surface area contributed by atoms with Crippen molar-refractivity contribution in [3.63, 3.8) is 0 Å². The van der Waals surface area contributed by atoms with Crippen molar-refractivity contribution in [3.8, 4) is 0 Å². The minimum atomic E-state index is -0.0378. The van der Waals surface area contributed by atoms with Crippen molar-refractivity contribution in [2.45, 2.75) is 6.92 Å². The van der Waals surface area contributed by atoms with Crippen LogP contribution in [0.1, 0.15) is 11.1 Å². The maximum atomic E-state index is 9.07. The van der Waals surface area contributed by atoms with Gasteiger partial charge in [0.1, 0.15) is 0 Å². The minimum Gasteiger partial charge on any atom is -0.409 e. The molecule has 6 nitrogen and oxygen atoms in total. The van der Waals surface area contributed by atoms with Gasteiger partial charge in [-0.2, -0.15) is 0 Å². The number of hydrogen-bond donors (Lipinski definition) is 4. The second-order valence-electron chi connectivity index (χ2n) is 3.89. The van der Waals surface area contributed by atoms with E-state index in [4.69, 9.17) is 21.2 Å². The maximum Gasteiger partial charge on any atom is 0.172 e. The average Bonchev–Trinajstić information content (AvgIpc) is 2.37. The van der Waals surface area contributed by atoms with Gasteiger partial charge >= 0.3 is 0 Å². The van der Waals surface area contributed by atoms with Gasteiger partial charge in [0.15, 0.2) is 5.84 Å². The van der Waals surface area contributed by atoms with Gasteiger partial charge in [-0.3, -0.25) is 0 Å². The van der Waals surface area contributed by atoms with Gasteiger partial charge in [-0.25, -0.2) is 0 Å². The molecule has 0 saturated heterocycles. The molecule has 0 fully saturated rings. The molecule has 0 heterocycles. The Balaban J connectivity index is 3.25. The lowest BCUT2D eigenvalue weighted by atomic mass is 10.1. The van der Waals surface area contributed by atoms with Gasteiger partial charge in [0.25, 0.3) is 0 Å². The zero-order valence-electron chi connectivity index (χ0n) is 10.4. The minimum absolute atomic E-state index is 0.00887. The van der Waals surface area contributed by atoms with E-state index in [2.05, 4.69) is 5.16 Å². The second-order valence-corrected chi connectivity index (χ2v) is 3.89. The van der Waals surface area contributed by atoms with Gasteiger partial charge in [0, 0.05) is 18.7 Å². The van der Waals surface area contributed by atoms with E-state index in [0.717, 1.165) is 11.3 Å². The van der Waals surface area contributed by atoms with Crippen molar-refractivity contribution >= 4 is 11.5 Å². The van der Waals surface area contributed by atoms with Crippen LogP contribution in [0.15, 0.2) is 23.4 Å². The van der Waals surface area contributed by atoms with Gasteiger partial charge in [-0.1, -0.05) is 17.3 Å². The molecular formula is C12H19N3O3. The topological polar surface area (TPSA) is 102 Å². The Labute approximate surface area is 106 Å². The molecule has 0 aliphatic heterocycles. The Morgan fingerprint density at radius 1 is 1.28 bits per heavy atom. The number of aryl methyl sites for hydroxylation is 1. The highest BCUT2D eigenvalue weighted by Gasteiger charge is 2.15. The van der Waals surface area contributed by atoms with Crippen LogP contribution in [0.4, 0.5) is 5.69 Å². The van der Waals surface area contributed by atoms with Crippen LogP contribution in [0.3, 0.4) is 0 Å². The van der Waals surface area contributed by atoms with Crippen LogP contribution in [0.25, 0.3) is 0 Å². The van der Waals surface area contributed by atoms with Crippen molar-refractivity contribution in [1.82, 2.24) is 0 Å². The fourth-order valence-corrected chi connectivity index (χ4v) is 1.92.